The molecule has 0 aliphatic carbocycles. The number of aliphatic hydroxyl groups excluding tert-OH is 1. The first-order chi connectivity index (χ1) is 7.27. The van der Waals surface area contributed by atoms with E-state index in [0.29, 0.717) is 17.7 Å². The highest BCUT2D eigenvalue weighted by Crippen LogP contribution is 2.12. The van der Waals surface area contributed by atoms with E-state index in [1.807, 2.05) is 6.92 Å². The summed E-state index contributed by atoms with van der Waals surface area (Å²) in [5, 5.41) is 9.16. The van der Waals surface area contributed by atoms with Gasteiger partial charge < -0.3 is 5.11 Å². The number of H-pyrrole nitrogens is 1. The highest BCUT2D eigenvalue weighted by atomic mass is 16.3. The van der Waals surface area contributed by atoms with E-state index >= 15 is 0 Å². The molecule has 1 atom stereocenters. The van der Waals surface area contributed by atoms with Gasteiger partial charge in [0.2, 0.25) is 0 Å². The third-order valence-electron chi connectivity index (χ3n) is 2.40. The fraction of sp³-hybridized carbons (Fsp3) is 0.444. The monoisotopic (exact) mass is 208 g/mol. The van der Waals surface area contributed by atoms with Gasteiger partial charge in [0, 0.05) is 12.4 Å². The van der Waals surface area contributed by atoms with Crippen LogP contribution in [0.2, 0.25) is 0 Å². The Hall–Kier alpha value is -1.69. The van der Waals surface area contributed by atoms with Crippen molar-refractivity contribution in [2.24, 2.45) is 0 Å². The number of aliphatic hydroxyl groups is 1. The lowest BCUT2D eigenvalue weighted by molar-refractivity contribution is 0.224. The van der Waals surface area contributed by atoms with E-state index in [-0.39, 0.29) is 18.3 Å². The molecule has 2 aromatic rings. The number of aromatic nitrogens is 4. The number of rotatable bonds is 3. The number of nitrogens with one attached hydrogen (secondary N) is 1. The molecule has 6 heteroatoms. The van der Waals surface area contributed by atoms with Crippen LogP contribution in [0, 0.1) is 0 Å². The zero-order chi connectivity index (χ0) is 10.8. The average Bonchev–Trinajstić information content (AvgIpc) is 2.58. The molecule has 2 heterocycles. The van der Waals surface area contributed by atoms with Gasteiger partial charge in [0.25, 0.3) is 0 Å². The van der Waals surface area contributed by atoms with Gasteiger partial charge in [-0.15, -0.1) is 0 Å². The Morgan fingerprint density at radius 3 is 2.93 bits per heavy atom. The summed E-state index contributed by atoms with van der Waals surface area (Å²) in [6.07, 6.45) is 3.71. The Balaban J connectivity index is 2.68. The maximum atomic E-state index is 11.6. The number of fused-ring (bicyclic) bond motifs is 1. The van der Waals surface area contributed by atoms with Gasteiger partial charge in [-0.2, -0.15) is 0 Å². The highest BCUT2D eigenvalue weighted by molar-refractivity contribution is 5.64. The fourth-order valence-corrected chi connectivity index (χ4v) is 1.58. The minimum atomic E-state index is -0.280. The SMILES string of the molecule is CCC(CO)n1c(=O)[nH]c2nccnc21. The van der Waals surface area contributed by atoms with E-state index in [1.165, 1.54) is 17.0 Å². The quantitative estimate of drug-likeness (QED) is 0.747. The number of nitrogens with zero attached hydrogens (tertiary/aromatic N) is 3. The molecule has 0 radical (unpaired) electrons. The highest BCUT2D eigenvalue weighted by Gasteiger charge is 2.15. The first-order valence-corrected chi connectivity index (χ1v) is 4.80. The number of hydrogen-bond donors (Lipinski definition) is 2. The van der Waals surface area contributed by atoms with E-state index in [2.05, 4.69) is 15.0 Å². The molecule has 0 aliphatic rings. The Labute approximate surface area is 85.6 Å². The molecule has 80 valence electrons. The molecule has 2 N–H and O–H groups in total. The lowest BCUT2D eigenvalue weighted by Crippen LogP contribution is -2.24. The number of imidazole rings is 1. The minimum absolute atomic E-state index is 0.0834. The molecular weight excluding hydrogens is 196 g/mol. The molecule has 0 spiro atoms. The fourth-order valence-electron chi connectivity index (χ4n) is 1.58. The van der Waals surface area contributed by atoms with Gasteiger partial charge >= 0.3 is 5.69 Å². The molecule has 0 bridgehead atoms. The zero-order valence-corrected chi connectivity index (χ0v) is 8.34. The lowest BCUT2D eigenvalue weighted by atomic mass is 10.2. The Bertz CT molecular complexity index is 512. The van der Waals surface area contributed by atoms with Gasteiger partial charge in [-0.3, -0.25) is 9.55 Å². The molecular formula is C9H12N4O2. The maximum Gasteiger partial charge on any atom is 0.329 e. The largest absolute Gasteiger partial charge is 0.394 e. The Kier molecular flexibility index (Phi) is 2.51. The third-order valence-corrected chi connectivity index (χ3v) is 2.40. The summed E-state index contributed by atoms with van der Waals surface area (Å²) < 4.78 is 1.45. The van der Waals surface area contributed by atoms with E-state index in [1.54, 1.807) is 0 Å². The topological polar surface area (TPSA) is 83.8 Å². The molecule has 0 fully saturated rings. The van der Waals surface area contributed by atoms with E-state index in [9.17, 15) is 4.79 Å². The first-order valence-electron chi connectivity index (χ1n) is 4.80. The summed E-state index contributed by atoms with van der Waals surface area (Å²) in [6, 6.07) is -0.247. The lowest BCUT2D eigenvalue weighted by Gasteiger charge is -2.12. The summed E-state index contributed by atoms with van der Waals surface area (Å²) >= 11 is 0. The molecule has 15 heavy (non-hydrogen) atoms. The van der Waals surface area contributed by atoms with Crippen molar-refractivity contribution in [3.8, 4) is 0 Å². The smallest absolute Gasteiger partial charge is 0.329 e. The van der Waals surface area contributed by atoms with Gasteiger partial charge in [-0.25, -0.2) is 14.8 Å². The molecule has 2 aromatic heterocycles. The molecule has 6 nitrogen and oxygen atoms in total. The predicted octanol–water partition coefficient (Wildman–Crippen LogP) is 0.0630. The first kappa shape index (κ1) is 9.85. The predicted molar refractivity (Wildman–Crippen MR) is 54.6 cm³/mol. The maximum absolute atomic E-state index is 11.6. The van der Waals surface area contributed by atoms with Crippen molar-refractivity contribution < 1.29 is 5.11 Å². The van der Waals surface area contributed by atoms with Crippen LogP contribution in [0.5, 0.6) is 0 Å². The minimum Gasteiger partial charge on any atom is -0.394 e. The van der Waals surface area contributed by atoms with Crippen LogP contribution >= 0.6 is 0 Å². The van der Waals surface area contributed by atoms with Crippen molar-refractivity contribution in [2.75, 3.05) is 6.61 Å². The van der Waals surface area contributed by atoms with Crippen molar-refractivity contribution in [3.63, 3.8) is 0 Å². The number of hydrogen-bond acceptors (Lipinski definition) is 4. The van der Waals surface area contributed by atoms with Crippen LogP contribution < -0.4 is 5.69 Å². The van der Waals surface area contributed by atoms with E-state index in [0.717, 1.165) is 0 Å². The van der Waals surface area contributed by atoms with Gasteiger partial charge in [0.1, 0.15) is 0 Å². The van der Waals surface area contributed by atoms with Crippen molar-refractivity contribution >= 4 is 11.3 Å². The summed E-state index contributed by atoms with van der Waals surface area (Å²) in [7, 11) is 0. The van der Waals surface area contributed by atoms with Crippen LogP contribution in [0.1, 0.15) is 19.4 Å². The van der Waals surface area contributed by atoms with Crippen molar-refractivity contribution in [1.82, 2.24) is 19.5 Å². The van der Waals surface area contributed by atoms with Crippen LogP contribution in [0.3, 0.4) is 0 Å². The molecule has 0 aliphatic heterocycles. The van der Waals surface area contributed by atoms with Gasteiger partial charge in [-0.1, -0.05) is 6.92 Å². The molecule has 0 aromatic carbocycles. The second-order valence-corrected chi connectivity index (χ2v) is 3.27. The van der Waals surface area contributed by atoms with Crippen LogP contribution in [0.15, 0.2) is 17.2 Å². The zero-order valence-electron chi connectivity index (χ0n) is 8.34. The summed E-state index contributed by atoms with van der Waals surface area (Å²) in [6.45, 7) is 1.82. The summed E-state index contributed by atoms with van der Waals surface area (Å²) in [5.41, 5.74) is 0.662. The summed E-state index contributed by atoms with van der Waals surface area (Å²) in [5.74, 6) is 0. The second-order valence-electron chi connectivity index (χ2n) is 3.27. The molecule has 2 rings (SSSR count). The summed E-state index contributed by atoms with van der Waals surface area (Å²) in [4.78, 5) is 22.3. The van der Waals surface area contributed by atoms with Crippen LogP contribution in [0.25, 0.3) is 11.3 Å². The van der Waals surface area contributed by atoms with E-state index < -0.39 is 0 Å². The molecule has 0 saturated carbocycles. The van der Waals surface area contributed by atoms with Gasteiger partial charge in [0.15, 0.2) is 11.3 Å². The van der Waals surface area contributed by atoms with Crippen molar-refractivity contribution in [1.29, 1.82) is 0 Å². The van der Waals surface area contributed by atoms with Gasteiger partial charge in [-0.05, 0) is 6.42 Å². The molecule has 0 amide bonds. The van der Waals surface area contributed by atoms with Gasteiger partial charge in [0.05, 0.1) is 12.6 Å². The average molecular weight is 208 g/mol. The number of aromatic amines is 1. The van der Waals surface area contributed by atoms with Crippen LogP contribution in [-0.4, -0.2) is 31.2 Å². The normalized spacial score (nSPS) is 13.2. The Morgan fingerprint density at radius 1 is 1.53 bits per heavy atom. The van der Waals surface area contributed by atoms with Crippen LogP contribution in [-0.2, 0) is 0 Å². The van der Waals surface area contributed by atoms with Crippen molar-refractivity contribution in [3.05, 3.63) is 22.9 Å². The molecule has 1 unspecified atom stereocenters. The van der Waals surface area contributed by atoms with Crippen LogP contribution in [0.4, 0.5) is 0 Å². The van der Waals surface area contributed by atoms with Crippen molar-refractivity contribution in [2.45, 2.75) is 19.4 Å². The van der Waals surface area contributed by atoms with E-state index in [4.69, 9.17) is 5.11 Å². The molecule has 0 saturated heterocycles. The third kappa shape index (κ3) is 1.52. The Morgan fingerprint density at radius 2 is 2.27 bits per heavy atom. The standard InChI is InChI=1S/C9H12N4O2/c1-2-6(5-14)13-8-7(12-9(13)15)10-3-4-11-8/h3-4,6,14H,2,5H2,1H3,(H,10,12,15). The second kappa shape index (κ2) is 3.82.